The Bertz CT molecular complexity index is 857. The molecule has 0 aliphatic carbocycles. The molecule has 0 saturated carbocycles. The number of hydrogen-bond donors (Lipinski definition) is 0. The van der Waals surface area contributed by atoms with Crippen LogP contribution in [0.15, 0.2) is 53.4 Å². The molecule has 0 fully saturated rings. The van der Waals surface area contributed by atoms with Crippen LogP contribution in [0, 0.1) is 0 Å². The van der Waals surface area contributed by atoms with Crippen molar-refractivity contribution in [3.05, 3.63) is 54.1 Å². The van der Waals surface area contributed by atoms with E-state index in [1.807, 2.05) is 0 Å². The molecule has 26 heavy (non-hydrogen) atoms. The van der Waals surface area contributed by atoms with E-state index in [1.165, 1.54) is 19.1 Å². The van der Waals surface area contributed by atoms with Crippen LogP contribution >= 0.6 is 0 Å². The second-order valence-electron chi connectivity index (χ2n) is 5.40. The number of Topliss-reactive ketones (excluding diaryl/α,β-unsaturated/α-hetero) is 1. The van der Waals surface area contributed by atoms with Crippen molar-refractivity contribution in [3.8, 4) is 11.5 Å². The third-order valence-electron chi connectivity index (χ3n) is 3.24. The Morgan fingerprint density at radius 1 is 0.962 bits per heavy atom. The second kappa shape index (κ2) is 7.77. The van der Waals surface area contributed by atoms with E-state index in [-0.39, 0.29) is 16.4 Å². The summed E-state index contributed by atoms with van der Waals surface area (Å²) in [4.78, 5) is 10.6. The van der Waals surface area contributed by atoms with Crippen molar-refractivity contribution < 1.29 is 35.3 Å². The highest BCUT2D eigenvalue weighted by atomic mass is 32.2. The molecule has 0 aliphatic rings. The molecule has 140 valence electrons. The summed E-state index contributed by atoms with van der Waals surface area (Å²) >= 11 is 0. The fraction of sp³-hybridized carbons (Fsp3) is 0.235. The van der Waals surface area contributed by atoms with E-state index < -0.39 is 22.2 Å². The molecule has 2 aromatic rings. The van der Waals surface area contributed by atoms with Gasteiger partial charge in [0.15, 0.2) is 0 Å². The van der Waals surface area contributed by atoms with Crippen LogP contribution in [0.1, 0.15) is 18.9 Å². The molecular weight excluding hydrogens is 373 g/mol. The predicted molar refractivity (Wildman–Crippen MR) is 86.4 cm³/mol. The average molecular weight is 388 g/mol. The average Bonchev–Trinajstić information content (AvgIpc) is 2.53. The summed E-state index contributed by atoms with van der Waals surface area (Å²) in [7, 11) is -4.20. The van der Waals surface area contributed by atoms with Crippen molar-refractivity contribution in [1.82, 2.24) is 0 Å². The van der Waals surface area contributed by atoms with Crippen LogP contribution in [-0.2, 0) is 21.3 Å². The van der Waals surface area contributed by atoms with Crippen molar-refractivity contribution in [3.63, 3.8) is 0 Å². The first-order valence-electron chi connectivity index (χ1n) is 7.44. The lowest BCUT2D eigenvalue weighted by atomic mass is 10.1. The first-order chi connectivity index (χ1) is 12.0. The third-order valence-corrected chi connectivity index (χ3v) is 4.50. The lowest BCUT2D eigenvalue weighted by Gasteiger charge is -2.10. The quantitative estimate of drug-likeness (QED) is 0.674. The number of ether oxygens (including phenoxy) is 1. The van der Waals surface area contributed by atoms with Gasteiger partial charge in [-0.1, -0.05) is 12.1 Å². The van der Waals surface area contributed by atoms with E-state index >= 15 is 0 Å². The summed E-state index contributed by atoms with van der Waals surface area (Å²) in [5, 5.41) is 0. The number of benzene rings is 2. The van der Waals surface area contributed by atoms with Crippen molar-refractivity contribution in [2.75, 3.05) is 0 Å². The molecule has 2 rings (SSSR count). The molecule has 0 unspecified atom stereocenters. The maximum absolute atomic E-state index is 12.2. The molecule has 0 amide bonds. The molecule has 0 aromatic heterocycles. The molecule has 0 aliphatic heterocycles. The van der Waals surface area contributed by atoms with Gasteiger partial charge < -0.3 is 13.7 Å². The van der Waals surface area contributed by atoms with Crippen LogP contribution in [0.2, 0.25) is 0 Å². The summed E-state index contributed by atoms with van der Waals surface area (Å²) in [6, 6.07) is 9.82. The Kier molecular flexibility index (Phi) is 5.91. The van der Waals surface area contributed by atoms with E-state index in [1.54, 1.807) is 12.1 Å². The van der Waals surface area contributed by atoms with Crippen molar-refractivity contribution >= 4 is 15.9 Å². The standard InChI is InChI=1S/C17H15F3O5S/c1-12(21)2-3-13-4-6-15(7-5-13)25-26(22,23)16-10-8-14(9-11-16)24-17(18,19)20/h4-11H,2-3H2,1H3. The van der Waals surface area contributed by atoms with Crippen LogP contribution < -0.4 is 8.92 Å². The number of halogens is 3. The van der Waals surface area contributed by atoms with Crippen LogP contribution in [0.4, 0.5) is 13.2 Å². The minimum absolute atomic E-state index is 0.0471. The van der Waals surface area contributed by atoms with E-state index in [9.17, 15) is 26.4 Å². The molecule has 0 heterocycles. The van der Waals surface area contributed by atoms with Crippen molar-refractivity contribution in [1.29, 1.82) is 0 Å². The van der Waals surface area contributed by atoms with Crippen LogP contribution in [0.3, 0.4) is 0 Å². The van der Waals surface area contributed by atoms with Gasteiger partial charge in [0.05, 0.1) is 0 Å². The highest BCUT2D eigenvalue weighted by Crippen LogP contribution is 2.25. The van der Waals surface area contributed by atoms with Crippen molar-refractivity contribution in [2.45, 2.75) is 31.0 Å². The zero-order valence-corrected chi connectivity index (χ0v) is 14.4. The zero-order chi connectivity index (χ0) is 19.4. The van der Waals surface area contributed by atoms with E-state index in [0.29, 0.717) is 12.8 Å². The lowest BCUT2D eigenvalue weighted by Crippen LogP contribution is -2.17. The first-order valence-corrected chi connectivity index (χ1v) is 8.85. The fourth-order valence-corrected chi connectivity index (χ4v) is 2.94. The monoisotopic (exact) mass is 388 g/mol. The number of carbonyl (C=O) groups is 1. The Hall–Kier alpha value is -2.55. The van der Waals surface area contributed by atoms with Gasteiger partial charge in [0.25, 0.3) is 0 Å². The highest BCUT2D eigenvalue weighted by molar-refractivity contribution is 7.87. The normalized spacial score (nSPS) is 11.8. The lowest BCUT2D eigenvalue weighted by molar-refractivity contribution is -0.274. The molecule has 0 atom stereocenters. The van der Waals surface area contributed by atoms with Gasteiger partial charge in [-0.25, -0.2) is 0 Å². The minimum atomic E-state index is -4.86. The van der Waals surface area contributed by atoms with Crippen LogP contribution in [0.5, 0.6) is 11.5 Å². The molecule has 9 heteroatoms. The molecule has 0 spiro atoms. The summed E-state index contributed by atoms with van der Waals surface area (Å²) in [6.07, 6.45) is -3.95. The van der Waals surface area contributed by atoms with Gasteiger partial charge in [-0.2, -0.15) is 8.42 Å². The number of aryl methyl sites for hydroxylation is 1. The number of rotatable bonds is 7. The molecule has 0 bridgehead atoms. The zero-order valence-electron chi connectivity index (χ0n) is 13.6. The molecule has 0 N–H and O–H groups in total. The Morgan fingerprint density at radius 3 is 2.00 bits per heavy atom. The molecular formula is C17H15F3O5S. The number of carbonyl (C=O) groups excluding carboxylic acids is 1. The summed E-state index contributed by atoms with van der Waals surface area (Å²) in [6.45, 7) is 1.48. The topological polar surface area (TPSA) is 69.7 Å². The smallest absolute Gasteiger partial charge is 0.406 e. The number of ketones is 1. The summed E-state index contributed by atoms with van der Waals surface area (Å²) in [5.74, 6) is -0.440. The maximum Gasteiger partial charge on any atom is 0.573 e. The van der Waals surface area contributed by atoms with Crippen LogP contribution in [0.25, 0.3) is 0 Å². The molecule has 0 radical (unpaired) electrons. The molecule has 0 saturated heterocycles. The predicted octanol–water partition coefficient (Wildman–Crippen LogP) is 3.87. The Balaban J connectivity index is 2.07. The van der Waals surface area contributed by atoms with Gasteiger partial charge >= 0.3 is 16.5 Å². The Morgan fingerprint density at radius 2 is 1.50 bits per heavy atom. The van der Waals surface area contributed by atoms with Gasteiger partial charge in [-0.15, -0.1) is 13.2 Å². The van der Waals surface area contributed by atoms with Gasteiger partial charge in [0.2, 0.25) is 0 Å². The fourth-order valence-electron chi connectivity index (χ4n) is 2.01. The highest BCUT2D eigenvalue weighted by Gasteiger charge is 2.31. The van der Waals surface area contributed by atoms with E-state index in [0.717, 1.165) is 29.8 Å². The maximum atomic E-state index is 12.2. The van der Waals surface area contributed by atoms with Gasteiger partial charge in [0, 0.05) is 6.42 Å². The first kappa shape index (κ1) is 19.8. The van der Waals surface area contributed by atoms with Crippen LogP contribution in [-0.4, -0.2) is 20.6 Å². The van der Waals surface area contributed by atoms with Crippen molar-refractivity contribution in [2.24, 2.45) is 0 Å². The molecule has 2 aromatic carbocycles. The van der Waals surface area contributed by atoms with E-state index in [2.05, 4.69) is 4.74 Å². The van der Waals surface area contributed by atoms with Gasteiger partial charge in [-0.3, -0.25) is 0 Å². The largest absolute Gasteiger partial charge is 0.573 e. The van der Waals surface area contributed by atoms with Gasteiger partial charge in [-0.05, 0) is 55.3 Å². The number of hydrogen-bond acceptors (Lipinski definition) is 5. The summed E-state index contributed by atoms with van der Waals surface area (Å²) in [5.41, 5.74) is 0.846. The Labute approximate surface area is 148 Å². The van der Waals surface area contributed by atoms with E-state index in [4.69, 9.17) is 4.18 Å². The number of alkyl halides is 3. The molecule has 5 nitrogen and oxygen atoms in total. The second-order valence-corrected chi connectivity index (χ2v) is 6.95. The minimum Gasteiger partial charge on any atom is -0.406 e. The summed E-state index contributed by atoms with van der Waals surface area (Å²) < 4.78 is 69.3. The third kappa shape index (κ3) is 6.07. The SMILES string of the molecule is CC(=O)CCc1ccc(OS(=O)(=O)c2ccc(OC(F)(F)F)cc2)cc1. The van der Waals surface area contributed by atoms with Gasteiger partial charge in [0.1, 0.15) is 22.2 Å².